The van der Waals surface area contributed by atoms with E-state index >= 15 is 0 Å². The number of carbonyl (C=O) groups excluding carboxylic acids is 1. The first kappa shape index (κ1) is 14.3. The molecule has 0 radical (unpaired) electrons. The number of ether oxygens (including phenoxy) is 2. The zero-order valence-electron chi connectivity index (χ0n) is 12.5. The number of benzene rings is 1. The number of aromatic nitrogens is 1. The van der Waals surface area contributed by atoms with E-state index in [0.717, 1.165) is 0 Å². The van der Waals surface area contributed by atoms with E-state index in [1.54, 1.807) is 24.4 Å². The molecule has 1 aromatic heterocycles. The topological polar surface area (TPSA) is 133 Å². The van der Waals surface area contributed by atoms with Crippen LogP contribution in [0.3, 0.4) is 0 Å². The lowest BCUT2D eigenvalue weighted by atomic mass is 9.92. The van der Waals surface area contributed by atoms with Gasteiger partial charge in [-0.2, -0.15) is 0 Å². The number of nitrogens with zero attached hydrogens (tertiary/aromatic N) is 2. The van der Waals surface area contributed by atoms with Crippen LogP contribution >= 0.6 is 0 Å². The first-order valence-electron chi connectivity index (χ1n) is 7.35. The molecule has 0 amide bonds. The predicted molar refractivity (Wildman–Crippen MR) is 86.1 cm³/mol. The van der Waals surface area contributed by atoms with Crippen molar-refractivity contribution in [3.63, 3.8) is 0 Å². The molecule has 0 spiro atoms. The molecule has 3 heterocycles. The highest BCUT2D eigenvalue weighted by Crippen LogP contribution is 2.47. The van der Waals surface area contributed by atoms with Crippen molar-refractivity contribution in [3.05, 3.63) is 35.7 Å². The molecule has 8 nitrogen and oxygen atoms in total. The van der Waals surface area contributed by atoms with Crippen LogP contribution in [0.1, 0.15) is 12.0 Å². The Labute approximate surface area is 136 Å². The average molecular weight is 326 g/mol. The Balaban J connectivity index is 1.85. The Morgan fingerprint density at radius 2 is 2.17 bits per heavy atom. The number of nitrogens with two attached hydrogens (primary N) is 2. The van der Waals surface area contributed by atoms with Gasteiger partial charge in [0.15, 0.2) is 5.96 Å². The zero-order valence-corrected chi connectivity index (χ0v) is 12.5. The van der Waals surface area contributed by atoms with Crippen molar-refractivity contribution in [1.29, 1.82) is 0 Å². The van der Waals surface area contributed by atoms with E-state index in [2.05, 4.69) is 9.98 Å². The van der Waals surface area contributed by atoms with Gasteiger partial charge in [-0.25, -0.2) is 4.79 Å². The minimum absolute atomic E-state index is 0.0343. The number of cyclic esters (lactones) is 1. The number of rotatable bonds is 3. The SMILES string of the molecule is NC(N)=NCC[C@H]1OC(=O)C2=C1c1c(O)ccc3nccc(c13)O2. The van der Waals surface area contributed by atoms with Crippen LogP contribution in [0.5, 0.6) is 11.5 Å². The van der Waals surface area contributed by atoms with Crippen LogP contribution in [0, 0.1) is 0 Å². The van der Waals surface area contributed by atoms with Gasteiger partial charge in [0.2, 0.25) is 5.76 Å². The summed E-state index contributed by atoms with van der Waals surface area (Å²) < 4.78 is 11.1. The Hall–Kier alpha value is -3.29. The molecular weight excluding hydrogens is 312 g/mol. The second-order valence-electron chi connectivity index (χ2n) is 5.50. The van der Waals surface area contributed by atoms with E-state index in [1.165, 1.54) is 0 Å². The maximum absolute atomic E-state index is 12.2. The molecule has 1 aromatic carbocycles. The predicted octanol–water partition coefficient (Wildman–Crippen LogP) is 0.633. The van der Waals surface area contributed by atoms with Crippen LogP contribution in [0.2, 0.25) is 0 Å². The third-order valence-electron chi connectivity index (χ3n) is 4.02. The minimum atomic E-state index is -0.597. The van der Waals surface area contributed by atoms with E-state index in [0.29, 0.717) is 34.2 Å². The molecule has 0 saturated heterocycles. The maximum Gasteiger partial charge on any atom is 0.375 e. The van der Waals surface area contributed by atoms with Gasteiger partial charge < -0.3 is 26.0 Å². The number of guanidine groups is 1. The monoisotopic (exact) mass is 326 g/mol. The molecule has 0 bridgehead atoms. The Bertz CT molecular complexity index is 931. The van der Waals surface area contributed by atoms with Gasteiger partial charge in [-0.3, -0.25) is 9.98 Å². The average Bonchev–Trinajstić information content (AvgIpc) is 2.86. The van der Waals surface area contributed by atoms with Gasteiger partial charge in [-0.05, 0) is 18.2 Å². The number of carbonyl (C=O) groups is 1. The summed E-state index contributed by atoms with van der Waals surface area (Å²) in [7, 11) is 0. The lowest BCUT2D eigenvalue weighted by molar-refractivity contribution is -0.141. The summed E-state index contributed by atoms with van der Waals surface area (Å²) in [6, 6.07) is 4.88. The molecule has 8 heteroatoms. The van der Waals surface area contributed by atoms with Gasteiger partial charge in [-0.15, -0.1) is 0 Å². The summed E-state index contributed by atoms with van der Waals surface area (Å²) in [6.07, 6.45) is 1.36. The van der Waals surface area contributed by atoms with E-state index in [-0.39, 0.29) is 24.0 Å². The molecule has 24 heavy (non-hydrogen) atoms. The number of hydrogen-bond donors (Lipinski definition) is 3. The molecular formula is C16H14N4O4. The van der Waals surface area contributed by atoms with Crippen molar-refractivity contribution in [3.8, 4) is 11.5 Å². The standard InChI is InChI=1S/C16H14N4O4/c17-16(18)20-6-4-10-13-12-8(21)2-1-7-11(12)9(3-5-19-7)23-14(13)15(22)24-10/h1-3,5,10,21H,4,6H2,(H4,17,18,20)/t10-/m1/s1. The Morgan fingerprint density at radius 3 is 2.96 bits per heavy atom. The highest BCUT2D eigenvalue weighted by atomic mass is 16.6. The fourth-order valence-corrected chi connectivity index (χ4v) is 3.06. The first-order valence-corrected chi connectivity index (χ1v) is 7.35. The van der Waals surface area contributed by atoms with E-state index < -0.39 is 12.1 Å². The van der Waals surface area contributed by atoms with Crippen molar-refractivity contribution >= 4 is 28.4 Å². The lowest BCUT2D eigenvalue weighted by Crippen LogP contribution is -2.23. The number of hydrogen-bond acceptors (Lipinski definition) is 6. The number of aliphatic imine (C=N–C) groups is 1. The summed E-state index contributed by atoms with van der Waals surface area (Å²) in [5.41, 5.74) is 12.3. The van der Waals surface area contributed by atoms with Crippen LogP contribution in [0.25, 0.3) is 16.5 Å². The molecule has 1 atom stereocenters. The van der Waals surface area contributed by atoms with Crippen LogP contribution in [-0.4, -0.2) is 34.7 Å². The van der Waals surface area contributed by atoms with E-state index in [9.17, 15) is 9.90 Å². The molecule has 4 rings (SSSR count). The zero-order chi connectivity index (χ0) is 16.8. The summed E-state index contributed by atoms with van der Waals surface area (Å²) >= 11 is 0. The van der Waals surface area contributed by atoms with E-state index in [1.807, 2.05) is 0 Å². The van der Waals surface area contributed by atoms with Gasteiger partial charge in [0.25, 0.3) is 0 Å². The first-order chi connectivity index (χ1) is 11.6. The minimum Gasteiger partial charge on any atom is -0.507 e. The van der Waals surface area contributed by atoms with Crippen molar-refractivity contribution in [2.75, 3.05) is 6.54 Å². The summed E-state index contributed by atoms with van der Waals surface area (Å²) in [5.74, 6) is -0.0122. The quantitative estimate of drug-likeness (QED) is 0.428. The molecule has 122 valence electrons. The summed E-state index contributed by atoms with van der Waals surface area (Å²) in [5, 5.41) is 11.0. The van der Waals surface area contributed by atoms with E-state index in [4.69, 9.17) is 20.9 Å². The van der Waals surface area contributed by atoms with Crippen molar-refractivity contribution in [1.82, 2.24) is 4.98 Å². The van der Waals surface area contributed by atoms with Gasteiger partial charge in [0, 0.05) is 24.7 Å². The maximum atomic E-state index is 12.2. The van der Waals surface area contributed by atoms with Gasteiger partial charge >= 0.3 is 5.97 Å². The third-order valence-corrected chi connectivity index (χ3v) is 4.02. The third kappa shape index (κ3) is 2.03. The van der Waals surface area contributed by atoms with Crippen molar-refractivity contribution in [2.45, 2.75) is 12.5 Å². The normalized spacial score (nSPS) is 18.2. The smallest absolute Gasteiger partial charge is 0.375 e. The van der Waals surface area contributed by atoms with Crippen molar-refractivity contribution < 1.29 is 19.4 Å². The summed E-state index contributed by atoms with van der Waals surface area (Å²) in [6.45, 7) is 0.285. The summed E-state index contributed by atoms with van der Waals surface area (Å²) in [4.78, 5) is 20.4. The molecule has 2 aliphatic rings. The largest absolute Gasteiger partial charge is 0.507 e. The lowest BCUT2D eigenvalue weighted by Gasteiger charge is -2.21. The number of phenols is 1. The molecule has 2 aliphatic heterocycles. The number of fused-ring (bicyclic) bond motifs is 1. The molecule has 0 fully saturated rings. The molecule has 0 saturated carbocycles. The highest BCUT2D eigenvalue weighted by molar-refractivity contribution is 6.10. The molecule has 5 N–H and O–H groups in total. The molecule has 0 aliphatic carbocycles. The van der Waals surface area contributed by atoms with Crippen LogP contribution in [0.4, 0.5) is 0 Å². The van der Waals surface area contributed by atoms with Crippen LogP contribution in [-0.2, 0) is 9.53 Å². The number of pyridine rings is 1. The van der Waals surface area contributed by atoms with Crippen LogP contribution < -0.4 is 16.2 Å². The number of esters is 1. The number of aromatic hydroxyl groups is 1. The van der Waals surface area contributed by atoms with Gasteiger partial charge in [-0.1, -0.05) is 0 Å². The Morgan fingerprint density at radius 1 is 1.33 bits per heavy atom. The van der Waals surface area contributed by atoms with Gasteiger partial charge in [0.1, 0.15) is 17.6 Å². The molecule has 0 unspecified atom stereocenters. The second-order valence-corrected chi connectivity index (χ2v) is 5.50. The van der Waals surface area contributed by atoms with Gasteiger partial charge in [0.05, 0.1) is 16.5 Å². The van der Waals surface area contributed by atoms with Crippen LogP contribution in [0.15, 0.2) is 35.1 Å². The Kier molecular flexibility index (Phi) is 3.05. The fourth-order valence-electron chi connectivity index (χ4n) is 3.06. The number of phenolic OH excluding ortho intramolecular Hbond substituents is 1. The van der Waals surface area contributed by atoms with Crippen molar-refractivity contribution in [2.24, 2.45) is 16.5 Å². The fraction of sp³-hybridized carbons (Fsp3) is 0.188. The second kappa shape index (κ2) is 5.12. The highest BCUT2D eigenvalue weighted by Gasteiger charge is 2.41. The molecule has 2 aromatic rings.